The summed E-state index contributed by atoms with van der Waals surface area (Å²) in [6, 6.07) is 5.17. The average Bonchev–Trinajstić information content (AvgIpc) is 2.46. The van der Waals surface area contributed by atoms with E-state index in [1.54, 1.807) is 12.1 Å². The van der Waals surface area contributed by atoms with Gasteiger partial charge in [-0.25, -0.2) is 0 Å². The van der Waals surface area contributed by atoms with Crippen molar-refractivity contribution in [1.29, 1.82) is 0 Å². The first kappa shape index (κ1) is 16.5. The van der Waals surface area contributed by atoms with Crippen molar-refractivity contribution in [3.63, 3.8) is 0 Å². The van der Waals surface area contributed by atoms with Crippen LogP contribution < -0.4 is 4.74 Å². The third-order valence-corrected chi connectivity index (χ3v) is 3.30. The van der Waals surface area contributed by atoms with Gasteiger partial charge in [0.05, 0.1) is 7.11 Å². The molecule has 0 aliphatic rings. The van der Waals surface area contributed by atoms with Crippen LogP contribution in [0.15, 0.2) is 18.2 Å². The Hall–Kier alpha value is -1.55. The van der Waals surface area contributed by atoms with Crippen LogP contribution in [0.25, 0.3) is 0 Å². The molecule has 0 amide bonds. The number of aryl methyl sites for hydroxylation is 1. The number of benzene rings is 1. The molecule has 4 nitrogen and oxygen atoms in total. The van der Waals surface area contributed by atoms with Crippen molar-refractivity contribution in [2.24, 2.45) is 0 Å². The molecule has 0 spiro atoms. The Balaban J connectivity index is 2.27. The number of phenols is 1. The van der Waals surface area contributed by atoms with Crippen LogP contribution in [0.3, 0.4) is 0 Å². The van der Waals surface area contributed by atoms with Gasteiger partial charge in [0.2, 0.25) is 0 Å². The van der Waals surface area contributed by atoms with Crippen LogP contribution >= 0.6 is 0 Å². The summed E-state index contributed by atoms with van der Waals surface area (Å²) in [5.41, 5.74) is 0.994. The summed E-state index contributed by atoms with van der Waals surface area (Å²) in [4.78, 5) is 11.7. The van der Waals surface area contributed by atoms with E-state index in [-0.39, 0.29) is 18.1 Å². The molecule has 0 saturated heterocycles. The lowest BCUT2D eigenvalue weighted by Crippen LogP contribution is -2.00. The van der Waals surface area contributed by atoms with Crippen LogP contribution in [0.2, 0.25) is 0 Å². The molecule has 20 heavy (non-hydrogen) atoms. The SMILES string of the molecule is COc1cc(CCC(=O)CCCCCCO)ccc1O. The first-order valence-electron chi connectivity index (χ1n) is 7.16. The third kappa shape index (κ3) is 6.06. The van der Waals surface area contributed by atoms with Gasteiger partial charge in [-0.15, -0.1) is 0 Å². The molecule has 1 aromatic rings. The number of ether oxygens (including phenoxy) is 1. The van der Waals surface area contributed by atoms with Crippen molar-refractivity contribution in [2.75, 3.05) is 13.7 Å². The summed E-state index contributed by atoms with van der Waals surface area (Å²) >= 11 is 0. The Labute approximate surface area is 120 Å². The van der Waals surface area contributed by atoms with Crippen LogP contribution in [0.5, 0.6) is 11.5 Å². The Morgan fingerprint density at radius 2 is 1.90 bits per heavy atom. The Morgan fingerprint density at radius 1 is 1.15 bits per heavy atom. The summed E-state index contributed by atoms with van der Waals surface area (Å²) in [7, 11) is 1.51. The van der Waals surface area contributed by atoms with Gasteiger partial charge in [-0.05, 0) is 37.0 Å². The number of unbranched alkanes of at least 4 members (excludes halogenated alkanes) is 3. The summed E-state index contributed by atoms with van der Waals surface area (Å²) in [6.45, 7) is 0.233. The molecular weight excluding hydrogens is 256 g/mol. The Bertz CT molecular complexity index is 415. The second-order valence-electron chi connectivity index (χ2n) is 4.93. The highest BCUT2D eigenvalue weighted by molar-refractivity contribution is 5.78. The van der Waals surface area contributed by atoms with E-state index in [0.29, 0.717) is 25.0 Å². The highest BCUT2D eigenvalue weighted by atomic mass is 16.5. The molecule has 0 unspecified atom stereocenters. The van der Waals surface area contributed by atoms with Gasteiger partial charge < -0.3 is 14.9 Å². The van der Waals surface area contributed by atoms with Gasteiger partial charge in [0.1, 0.15) is 5.78 Å². The van der Waals surface area contributed by atoms with E-state index in [2.05, 4.69) is 0 Å². The van der Waals surface area contributed by atoms with Crippen molar-refractivity contribution in [2.45, 2.75) is 44.9 Å². The molecule has 0 saturated carbocycles. The molecule has 0 bridgehead atoms. The minimum atomic E-state index is 0.117. The normalized spacial score (nSPS) is 10.5. The smallest absolute Gasteiger partial charge is 0.160 e. The molecule has 0 aliphatic carbocycles. The van der Waals surface area contributed by atoms with Gasteiger partial charge in [0.25, 0.3) is 0 Å². The van der Waals surface area contributed by atoms with E-state index < -0.39 is 0 Å². The maximum Gasteiger partial charge on any atom is 0.160 e. The van der Waals surface area contributed by atoms with Crippen LogP contribution in [0.4, 0.5) is 0 Å². The van der Waals surface area contributed by atoms with Gasteiger partial charge in [-0.3, -0.25) is 4.79 Å². The number of ketones is 1. The molecule has 0 aliphatic heterocycles. The second-order valence-corrected chi connectivity index (χ2v) is 4.93. The minimum absolute atomic E-state index is 0.117. The molecule has 0 atom stereocenters. The molecule has 0 heterocycles. The molecule has 1 rings (SSSR count). The fourth-order valence-electron chi connectivity index (χ4n) is 2.07. The number of Topliss-reactive ketones (excluding diaryl/α,β-unsaturated/α-hetero) is 1. The maximum atomic E-state index is 11.7. The second kappa shape index (κ2) is 9.37. The largest absolute Gasteiger partial charge is 0.504 e. The van der Waals surface area contributed by atoms with Crippen molar-refractivity contribution in [1.82, 2.24) is 0 Å². The maximum absolute atomic E-state index is 11.7. The number of carbonyl (C=O) groups excluding carboxylic acids is 1. The number of hydrogen-bond donors (Lipinski definition) is 2. The summed E-state index contributed by atoms with van der Waals surface area (Å²) in [6.07, 6.45) is 5.51. The minimum Gasteiger partial charge on any atom is -0.504 e. The highest BCUT2D eigenvalue weighted by Crippen LogP contribution is 2.26. The number of rotatable bonds is 10. The molecule has 1 aromatic carbocycles. The zero-order valence-corrected chi connectivity index (χ0v) is 12.1. The predicted molar refractivity (Wildman–Crippen MR) is 78.2 cm³/mol. The molecule has 4 heteroatoms. The lowest BCUT2D eigenvalue weighted by atomic mass is 10.0. The number of carbonyl (C=O) groups is 1. The average molecular weight is 280 g/mol. The first-order valence-corrected chi connectivity index (χ1v) is 7.16. The number of aliphatic hydroxyl groups is 1. The van der Waals surface area contributed by atoms with E-state index in [9.17, 15) is 9.90 Å². The van der Waals surface area contributed by atoms with Gasteiger partial charge in [-0.1, -0.05) is 18.9 Å². The zero-order chi connectivity index (χ0) is 14.8. The van der Waals surface area contributed by atoms with Crippen molar-refractivity contribution in [3.8, 4) is 11.5 Å². The molecule has 0 aromatic heterocycles. The van der Waals surface area contributed by atoms with Crippen LogP contribution in [-0.2, 0) is 11.2 Å². The number of aromatic hydroxyl groups is 1. The van der Waals surface area contributed by atoms with Crippen molar-refractivity contribution in [3.05, 3.63) is 23.8 Å². The summed E-state index contributed by atoms with van der Waals surface area (Å²) in [5, 5.41) is 18.1. The number of phenolic OH excluding ortho intramolecular Hbond substituents is 1. The lowest BCUT2D eigenvalue weighted by Gasteiger charge is -2.06. The van der Waals surface area contributed by atoms with Gasteiger partial charge in [-0.2, -0.15) is 0 Å². The van der Waals surface area contributed by atoms with Gasteiger partial charge >= 0.3 is 0 Å². The van der Waals surface area contributed by atoms with Crippen LogP contribution in [-0.4, -0.2) is 29.7 Å². The first-order chi connectivity index (χ1) is 9.67. The standard InChI is InChI=1S/C16H24O4/c1-20-16-12-13(8-10-15(16)19)7-9-14(18)6-4-2-3-5-11-17/h8,10,12,17,19H,2-7,9,11H2,1H3. The highest BCUT2D eigenvalue weighted by Gasteiger charge is 2.06. The van der Waals surface area contributed by atoms with Gasteiger partial charge in [0, 0.05) is 19.4 Å². The molecule has 112 valence electrons. The monoisotopic (exact) mass is 280 g/mol. The molecule has 2 N–H and O–H groups in total. The van der Waals surface area contributed by atoms with Crippen molar-refractivity contribution >= 4 is 5.78 Å². The summed E-state index contributed by atoms with van der Waals surface area (Å²) in [5.74, 6) is 0.825. The van der Waals surface area contributed by atoms with Crippen LogP contribution in [0.1, 0.15) is 44.1 Å². The Morgan fingerprint density at radius 3 is 2.60 bits per heavy atom. The molecule has 0 radical (unpaired) electrons. The van der Waals surface area contributed by atoms with Crippen molar-refractivity contribution < 1.29 is 19.7 Å². The van der Waals surface area contributed by atoms with E-state index in [1.807, 2.05) is 6.07 Å². The molecule has 0 fully saturated rings. The van der Waals surface area contributed by atoms with E-state index in [4.69, 9.17) is 9.84 Å². The number of hydrogen-bond acceptors (Lipinski definition) is 4. The molecular formula is C16H24O4. The fourth-order valence-corrected chi connectivity index (χ4v) is 2.07. The predicted octanol–water partition coefficient (Wildman–Crippen LogP) is 2.85. The topological polar surface area (TPSA) is 66.8 Å². The van der Waals surface area contributed by atoms with E-state index >= 15 is 0 Å². The summed E-state index contributed by atoms with van der Waals surface area (Å²) < 4.78 is 5.04. The third-order valence-electron chi connectivity index (χ3n) is 3.30. The van der Waals surface area contributed by atoms with Gasteiger partial charge in [0.15, 0.2) is 11.5 Å². The number of aliphatic hydroxyl groups excluding tert-OH is 1. The Kier molecular flexibility index (Phi) is 7.73. The van der Waals surface area contributed by atoms with Crippen LogP contribution in [0, 0.1) is 0 Å². The lowest BCUT2D eigenvalue weighted by molar-refractivity contribution is -0.119. The number of methoxy groups -OCH3 is 1. The zero-order valence-electron chi connectivity index (χ0n) is 12.1. The fraction of sp³-hybridized carbons (Fsp3) is 0.562. The quantitative estimate of drug-likeness (QED) is 0.647. The van der Waals surface area contributed by atoms with E-state index in [0.717, 1.165) is 31.2 Å². The van der Waals surface area contributed by atoms with E-state index in [1.165, 1.54) is 7.11 Å².